The molecule has 0 spiro atoms. The van der Waals surface area contributed by atoms with Gasteiger partial charge in [0.1, 0.15) is 6.61 Å². The number of carbonyl (C=O) groups excluding carboxylic acids is 3. The Balaban J connectivity index is 1.20. The van der Waals surface area contributed by atoms with Gasteiger partial charge in [-0.3, -0.25) is 19.3 Å². The summed E-state index contributed by atoms with van der Waals surface area (Å²) in [6.07, 6.45) is 5.44. The van der Waals surface area contributed by atoms with Crippen molar-refractivity contribution in [3.8, 4) is 0 Å². The van der Waals surface area contributed by atoms with Crippen molar-refractivity contribution in [2.75, 3.05) is 6.54 Å². The van der Waals surface area contributed by atoms with E-state index in [0.717, 1.165) is 12.0 Å². The van der Waals surface area contributed by atoms with E-state index in [-0.39, 0.29) is 55.1 Å². The zero-order chi connectivity index (χ0) is 18.7. The van der Waals surface area contributed by atoms with Crippen LogP contribution in [0.25, 0.3) is 0 Å². The lowest BCUT2D eigenvalue weighted by Crippen LogP contribution is -2.40. The van der Waals surface area contributed by atoms with Gasteiger partial charge in [-0.05, 0) is 36.2 Å². The van der Waals surface area contributed by atoms with Gasteiger partial charge in [0.05, 0.1) is 18.3 Å². The fraction of sp³-hybridized carbons (Fsp3) is 0.476. The quantitative estimate of drug-likeness (QED) is 0.444. The van der Waals surface area contributed by atoms with Crippen LogP contribution in [-0.2, 0) is 25.7 Å². The number of allylic oxidation sites excluding steroid dienone is 2. The van der Waals surface area contributed by atoms with E-state index in [1.807, 2.05) is 12.1 Å². The van der Waals surface area contributed by atoms with Crippen molar-refractivity contribution in [2.24, 2.45) is 35.5 Å². The first-order valence-corrected chi connectivity index (χ1v) is 9.86. The summed E-state index contributed by atoms with van der Waals surface area (Å²) in [5, 5.41) is 0.542. The van der Waals surface area contributed by atoms with E-state index in [4.69, 9.17) is 16.3 Å². The third-order valence-electron chi connectivity index (χ3n) is 6.64. The second kappa shape index (κ2) is 6.20. The second-order valence-electron chi connectivity index (χ2n) is 7.98. The Bertz CT molecular complexity index is 829. The van der Waals surface area contributed by atoms with Gasteiger partial charge in [0.15, 0.2) is 0 Å². The van der Waals surface area contributed by atoms with E-state index >= 15 is 0 Å². The SMILES string of the molecule is O=C(CCN1C(=O)[C@@H]2[C@@H]3C=C[C@H]([C@H]4C[C@@H]34)[C@@H]2C1=O)OCc1ccccc1Cl. The zero-order valence-electron chi connectivity index (χ0n) is 14.7. The normalized spacial score (nSPS) is 35.2. The van der Waals surface area contributed by atoms with Gasteiger partial charge in [-0.1, -0.05) is 42.0 Å². The maximum absolute atomic E-state index is 12.8. The van der Waals surface area contributed by atoms with Crippen LogP contribution < -0.4 is 0 Å². The highest BCUT2D eigenvalue weighted by molar-refractivity contribution is 6.31. The molecular weight excluding hydrogens is 366 g/mol. The number of esters is 1. The number of benzene rings is 1. The summed E-state index contributed by atoms with van der Waals surface area (Å²) < 4.78 is 5.25. The number of carbonyl (C=O) groups is 3. The van der Waals surface area contributed by atoms with Crippen molar-refractivity contribution in [3.63, 3.8) is 0 Å². The summed E-state index contributed by atoms with van der Waals surface area (Å²) in [7, 11) is 0. The zero-order valence-corrected chi connectivity index (χ0v) is 15.5. The number of likely N-dealkylation sites (tertiary alicyclic amines) is 1. The van der Waals surface area contributed by atoms with Crippen LogP contribution in [0.15, 0.2) is 36.4 Å². The van der Waals surface area contributed by atoms with Crippen LogP contribution in [0.1, 0.15) is 18.4 Å². The summed E-state index contributed by atoms with van der Waals surface area (Å²) in [6, 6.07) is 7.16. The second-order valence-corrected chi connectivity index (χ2v) is 8.39. The number of hydrogen-bond donors (Lipinski definition) is 0. The highest BCUT2D eigenvalue weighted by Gasteiger charge is 2.66. The number of nitrogens with zero attached hydrogens (tertiary/aromatic N) is 1. The summed E-state index contributed by atoms with van der Waals surface area (Å²) in [5.41, 5.74) is 0.730. The summed E-state index contributed by atoms with van der Waals surface area (Å²) in [4.78, 5) is 39.1. The minimum Gasteiger partial charge on any atom is -0.461 e. The van der Waals surface area contributed by atoms with Gasteiger partial charge in [-0.25, -0.2) is 0 Å². The van der Waals surface area contributed by atoms with Gasteiger partial charge in [0.25, 0.3) is 0 Å². The molecule has 0 radical (unpaired) electrons. The van der Waals surface area contributed by atoms with Crippen molar-refractivity contribution >= 4 is 29.4 Å². The smallest absolute Gasteiger partial charge is 0.307 e. The molecule has 0 unspecified atom stereocenters. The predicted octanol–water partition coefficient (Wildman–Crippen LogP) is 2.83. The average molecular weight is 386 g/mol. The molecule has 1 heterocycles. The molecule has 0 aromatic heterocycles. The number of hydrogen-bond acceptors (Lipinski definition) is 4. The lowest BCUT2D eigenvalue weighted by Gasteiger charge is -2.37. The standard InChI is InChI=1S/C21H20ClNO4/c22-16-4-2-1-3-11(16)10-27-17(24)7-8-23-20(25)18-12-5-6-13(15-9-14(12)15)19(18)21(23)26/h1-6,12-15,18-19H,7-10H2/t12-,13-,14-,15+,18+,19-/m1/s1. The molecule has 4 aliphatic carbocycles. The first-order chi connectivity index (χ1) is 13.1. The number of ether oxygens (including phenoxy) is 1. The molecule has 0 N–H and O–H groups in total. The van der Waals surface area contributed by atoms with Gasteiger partial charge in [-0.15, -0.1) is 0 Å². The maximum Gasteiger partial charge on any atom is 0.307 e. The van der Waals surface area contributed by atoms with Crippen molar-refractivity contribution < 1.29 is 19.1 Å². The third-order valence-corrected chi connectivity index (χ3v) is 7.01. The molecule has 6 atom stereocenters. The van der Waals surface area contributed by atoms with Crippen molar-refractivity contribution in [3.05, 3.63) is 47.0 Å². The molecule has 5 aliphatic rings. The monoisotopic (exact) mass is 385 g/mol. The molecule has 140 valence electrons. The molecule has 5 nitrogen and oxygen atoms in total. The van der Waals surface area contributed by atoms with Gasteiger partial charge in [0.2, 0.25) is 11.8 Å². The highest BCUT2D eigenvalue weighted by Crippen LogP contribution is 2.65. The van der Waals surface area contributed by atoms with Crippen molar-refractivity contribution in [1.82, 2.24) is 4.90 Å². The molecule has 2 bridgehead atoms. The van der Waals surface area contributed by atoms with Gasteiger partial charge in [-0.2, -0.15) is 0 Å². The fourth-order valence-corrected chi connectivity index (χ4v) is 5.48. The molecule has 27 heavy (non-hydrogen) atoms. The first-order valence-electron chi connectivity index (χ1n) is 9.49. The Kier molecular flexibility index (Phi) is 3.90. The summed E-state index contributed by atoms with van der Waals surface area (Å²) >= 11 is 6.05. The van der Waals surface area contributed by atoms with E-state index in [1.54, 1.807) is 12.1 Å². The number of imide groups is 1. The molecule has 2 amide bonds. The highest BCUT2D eigenvalue weighted by atomic mass is 35.5. The van der Waals surface area contributed by atoms with E-state index in [2.05, 4.69) is 12.2 Å². The van der Waals surface area contributed by atoms with E-state index in [0.29, 0.717) is 16.9 Å². The van der Waals surface area contributed by atoms with Crippen LogP contribution in [0, 0.1) is 35.5 Å². The molecule has 1 saturated heterocycles. The lowest BCUT2D eigenvalue weighted by atomic mass is 9.63. The lowest BCUT2D eigenvalue weighted by molar-refractivity contribution is -0.146. The minimum atomic E-state index is -0.436. The maximum atomic E-state index is 12.8. The molecular formula is C21H20ClNO4. The Labute approximate surface area is 162 Å². The predicted molar refractivity (Wildman–Crippen MR) is 97.3 cm³/mol. The molecule has 6 rings (SSSR count). The van der Waals surface area contributed by atoms with Gasteiger partial charge < -0.3 is 4.74 Å². The largest absolute Gasteiger partial charge is 0.461 e. The molecule has 1 aliphatic heterocycles. The molecule has 1 aromatic carbocycles. The summed E-state index contributed by atoms with van der Waals surface area (Å²) in [5.74, 6) is 0.511. The van der Waals surface area contributed by atoms with Crippen LogP contribution in [0.4, 0.5) is 0 Å². The van der Waals surface area contributed by atoms with Crippen LogP contribution in [-0.4, -0.2) is 29.2 Å². The van der Waals surface area contributed by atoms with Crippen molar-refractivity contribution in [2.45, 2.75) is 19.4 Å². The van der Waals surface area contributed by atoms with E-state index in [1.165, 1.54) is 4.90 Å². The Hall–Kier alpha value is -2.14. The molecule has 6 heteroatoms. The summed E-state index contributed by atoms with van der Waals surface area (Å²) in [6.45, 7) is 0.184. The first kappa shape index (κ1) is 17.0. The van der Waals surface area contributed by atoms with Crippen LogP contribution in [0.2, 0.25) is 5.02 Å². The van der Waals surface area contributed by atoms with Crippen LogP contribution >= 0.6 is 11.6 Å². The number of amides is 2. The fourth-order valence-electron chi connectivity index (χ4n) is 5.29. The Morgan fingerprint density at radius 2 is 1.70 bits per heavy atom. The number of halogens is 1. The topological polar surface area (TPSA) is 63.7 Å². The minimum absolute atomic E-state index is 0.0109. The third kappa shape index (κ3) is 2.63. The van der Waals surface area contributed by atoms with E-state index in [9.17, 15) is 14.4 Å². The molecule has 3 fully saturated rings. The average Bonchev–Trinajstić information content (AvgIpc) is 3.45. The van der Waals surface area contributed by atoms with Crippen LogP contribution in [0.5, 0.6) is 0 Å². The van der Waals surface area contributed by atoms with E-state index < -0.39 is 5.97 Å². The number of rotatable bonds is 5. The Morgan fingerprint density at radius 1 is 1.07 bits per heavy atom. The van der Waals surface area contributed by atoms with Gasteiger partial charge in [0, 0.05) is 17.1 Å². The van der Waals surface area contributed by atoms with Gasteiger partial charge >= 0.3 is 5.97 Å². The molecule has 2 saturated carbocycles. The van der Waals surface area contributed by atoms with Crippen LogP contribution in [0.3, 0.4) is 0 Å². The van der Waals surface area contributed by atoms with Crippen molar-refractivity contribution in [1.29, 1.82) is 0 Å². The molecule has 1 aromatic rings. The Morgan fingerprint density at radius 3 is 2.33 bits per heavy atom.